The first-order valence-electron chi connectivity index (χ1n) is 12.4. The van der Waals surface area contributed by atoms with Gasteiger partial charge in [0.2, 0.25) is 5.91 Å². The normalized spacial score (nSPS) is 21.1. The van der Waals surface area contributed by atoms with Gasteiger partial charge in [-0.25, -0.2) is 4.39 Å². The van der Waals surface area contributed by atoms with Crippen LogP contribution in [0.3, 0.4) is 0 Å². The number of carbonyl (C=O) groups is 3. The van der Waals surface area contributed by atoms with Gasteiger partial charge in [0, 0.05) is 55.6 Å². The lowest BCUT2D eigenvalue weighted by Crippen LogP contribution is -2.36. The number of amides is 2. The third kappa shape index (κ3) is 4.69. The van der Waals surface area contributed by atoms with E-state index in [0.717, 1.165) is 23.1 Å². The zero-order valence-electron chi connectivity index (χ0n) is 20.8. The number of halogens is 1. The molecular formula is C29H27FN4O3. The number of hydrogen-bond acceptors (Lipinski definition) is 5. The molecule has 3 aromatic rings. The Bertz CT molecular complexity index is 1480. The van der Waals surface area contributed by atoms with Gasteiger partial charge in [-0.3, -0.25) is 19.4 Å². The number of nitrogens with zero attached hydrogens (tertiary/aromatic N) is 4. The van der Waals surface area contributed by atoms with Crippen LogP contribution in [0.15, 0.2) is 48.7 Å². The van der Waals surface area contributed by atoms with Crippen LogP contribution in [0, 0.1) is 11.3 Å². The van der Waals surface area contributed by atoms with E-state index in [0.29, 0.717) is 28.6 Å². The van der Waals surface area contributed by atoms with Crippen LogP contribution < -0.4 is 0 Å². The molecule has 0 saturated carbocycles. The number of likely N-dealkylation sites (tertiary alicyclic amines) is 1. The number of nitriles is 1. The second-order valence-electron chi connectivity index (χ2n) is 10.1. The van der Waals surface area contributed by atoms with Crippen LogP contribution in [0.2, 0.25) is 0 Å². The molecule has 0 N–H and O–H groups in total. The molecule has 0 radical (unpaired) electrons. The first-order valence-corrected chi connectivity index (χ1v) is 12.4. The molecule has 0 spiro atoms. The summed E-state index contributed by atoms with van der Waals surface area (Å²) in [6.45, 7) is 1.92. The largest absolute Gasteiger partial charge is 0.341 e. The summed E-state index contributed by atoms with van der Waals surface area (Å²) < 4.78 is 14.4. The van der Waals surface area contributed by atoms with Gasteiger partial charge in [0.15, 0.2) is 5.78 Å². The Balaban J connectivity index is 1.38. The Hall–Kier alpha value is -4.12. The third-order valence-corrected chi connectivity index (χ3v) is 7.30. The predicted octanol–water partition coefficient (Wildman–Crippen LogP) is 4.35. The SMILES string of the molecule is CN1CCc2cc(-c3ccc4nccc(C(=O)CCC(=O)N5CC(C)(F)C[C@H]5C#N)c4c3)ccc2C1=O. The van der Waals surface area contributed by atoms with E-state index in [2.05, 4.69) is 4.98 Å². The van der Waals surface area contributed by atoms with Gasteiger partial charge in [0.1, 0.15) is 11.7 Å². The van der Waals surface area contributed by atoms with Crippen LogP contribution in [0.5, 0.6) is 0 Å². The maximum absolute atomic E-state index is 14.4. The molecule has 0 bridgehead atoms. The van der Waals surface area contributed by atoms with Crippen molar-refractivity contribution in [2.24, 2.45) is 0 Å². The van der Waals surface area contributed by atoms with Crippen molar-refractivity contribution in [1.29, 1.82) is 5.26 Å². The van der Waals surface area contributed by atoms with Crippen molar-refractivity contribution in [3.8, 4) is 17.2 Å². The monoisotopic (exact) mass is 498 g/mol. The van der Waals surface area contributed by atoms with E-state index in [4.69, 9.17) is 0 Å². The molecule has 8 heteroatoms. The number of ketones is 1. The highest BCUT2D eigenvalue weighted by Crippen LogP contribution is 2.32. The Morgan fingerprint density at radius 2 is 1.92 bits per heavy atom. The first-order chi connectivity index (χ1) is 17.7. The van der Waals surface area contributed by atoms with Crippen molar-refractivity contribution in [2.75, 3.05) is 20.1 Å². The third-order valence-electron chi connectivity index (χ3n) is 7.30. The number of hydrogen-bond donors (Lipinski definition) is 0. The lowest BCUT2D eigenvalue weighted by molar-refractivity contribution is -0.131. The van der Waals surface area contributed by atoms with Crippen LogP contribution in [0.1, 0.15) is 52.5 Å². The molecule has 7 nitrogen and oxygen atoms in total. The lowest BCUT2D eigenvalue weighted by atomic mass is 9.93. The molecule has 1 aromatic heterocycles. The minimum absolute atomic E-state index is 0.0177. The topological polar surface area (TPSA) is 94.4 Å². The summed E-state index contributed by atoms with van der Waals surface area (Å²) in [7, 11) is 1.80. The summed E-state index contributed by atoms with van der Waals surface area (Å²) in [5.41, 5.74) is 3.08. The maximum atomic E-state index is 14.4. The van der Waals surface area contributed by atoms with Gasteiger partial charge in [-0.2, -0.15) is 5.26 Å². The van der Waals surface area contributed by atoms with Crippen LogP contribution in [-0.4, -0.2) is 64.2 Å². The number of benzene rings is 2. The molecule has 37 heavy (non-hydrogen) atoms. The molecule has 2 atom stereocenters. The lowest BCUT2D eigenvalue weighted by Gasteiger charge is -2.25. The van der Waals surface area contributed by atoms with Crippen molar-refractivity contribution in [1.82, 2.24) is 14.8 Å². The second kappa shape index (κ2) is 9.40. The van der Waals surface area contributed by atoms with E-state index in [1.807, 2.05) is 42.5 Å². The van der Waals surface area contributed by atoms with Crippen molar-refractivity contribution in [3.63, 3.8) is 0 Å². The summed E-state index contributed by atoms with van der Waals surface area (Å²) in [6, 6.07) is 14.3. The van der Waals surface area contributed by atoms with Gasteiger partial charge in [-0.15, -0.1) is 0 Å². The molecule has 5 rings (SSSR count). The maximum Gasteiger partial charge on any atom is 0.253 e. The highest BCUT2D eigenvalue weighted by Gasteiger charge is 2.43. The summed E-state index contributed by atoms with van der Waals surface area (Å²) in [5, 5.41) is 9.98. The number of alkyl halides is 1. The average Bonchev–Trinajstić information content (AvgIpc) is 3.23. The molecular weight excluding hydrogens is 471 g/mol. The van der Waals surface area contributed by atoms with E-state index >= 15 is 0 Å². The quantitative estimate of drug-likeness (QED) is 0.488. The number of rotatable bonds is 5. The molecule has 188 valence electrons. The van der Waals surface area contributed by atoms with Crippen LogP contribution in [0.4, 0.5) is 4.39 Å². The molecule has 0 aliphatic carbocycles. The molecule has 1 saturated heterocycles. The van der Waals surface area contributed by atoms with Gasteiger partial charge >= 0.3 is 0 Å². The molecule has 2 aliphatic rings. The molecule has 1 unspecified atom stereocenters. The van der Waals surface area contributed by atoms with Crippen molar-refractivity contribution < 1.29 is 18.8 Å². The minimum Gasteiger partial charge on any atom is -0.341 e. The molecule has 2 aromatic carbocycles. The highest BCUT2D eigenvalue weighted by molar-refractivity contribution is 6.08. The van der Waals surface area contributed by atoms with Gasteiger partial charge in [0.05, 0.1) is 18.1 Å². The van der Waals surface area contributed by atoms with Crippen LogP contribution in [0.25, 0.3) is 22.0 Å². The molecule has 1 fully saturated rings. The smallest absolute Gasteiger partial charge is 0.253 e. The van der Waals surface area contributed by atoms with E-state index in [9.17, 15) is 24.0 Å². The molecule has 3 heterocycles. The predicted molar refractivity (Wildman–Crippen MR) is 137 cm³/mol. The standard InChI is InChI=1S/C29H27FN4O3/c1-29(30)15-21(16-31)34(17-29)27(36)8-7-26(35)23-9-11-32-25-6-4-19(14-24(23)25)18-3-5-22-20(13-18)10-12-33(2)28(22)37/h3-6,9,11,13-14,21H,7-8,10,12,15,17H2,1-2H3/t21-,29?/m0/s1. The van der Waals surface area contributed by atoms with Crippen molar-refractivity contribution >= 4 is 28.5 Å². The number of aromatic nitrogens is 1. The Morgan fingerprint density at radius 1 is 1.16 bits per heavy atom. The minimum atomic E-state index is -1.60. The number of pyridine rings is 1. The molecule has 2 amide bonds. The average molecular weight is 499 g/mol. The fourth-order valence-electron chi connectivity index (χ4n) is 5.27. The summed E-state index contributed by atoms with van der Waals surface area (Å²) in [5.74, 6) is -0.591. The molecule has 2 aliphatic heterocycles. The van der Waals surface area contributed by atoms with Gasteiger partial charge in [-0.1, -0.05) is 18.2 Å². The summed E-state index contributed by atoms with van der Waals surface area (Å²) >= 11 is 0. The number of Topliss-reactive ketones (excluding diaryl/α,β-unsaturated/α-hetero) is 1. The Labute approximate surface area is 214 Å². The Kier molecular flexibility index (Phi) is 6.24. The Morgan fingerprint density at radius 3 is 2.70 bits per heavy atom. The first kappa shape index (κ1) is 24.6. The van der Waals surface area contributed by atoms with Gasteiger partial charge < -0.3 is 9.80 Å². The number of fused-ring (bicyclic) bond motifs is 2. The number of carbonyl (C=O) groups excluding carboxylic acids is 3. The fraction of sp³-hybridized carbons (Fsp3) is 0.345. The number of likely N-dealkylation sites (N-methyl/N-ethyl adjacent to an activating group) is 1. The van der Waals surface area contributed by atoms with Gasteiger partial charge in [-0.05, 0) is 54.3 Å². The zero-order chi connectivity index (χ0) is 26.3. The van der Waals surface area contributed by atoms with E-state index < -0.39 is 17.6 Å². The van der Waals surface area contributed by atoms with Crippen LogP contribution >= 0.6 is 0 Å². The van der Waals surface area contributed by atoms with Crippen LogP contribution in [-0.2, 0) is 11.2 Å². The second-order valence-corrected chi connectivity index (χ2v) is 10.1. The summed E-state index contributed by atoms with van der Waals surface area (Å²) in [6.07, 6.45) is 2.19. The zero-order valence-corrected chi connectivity index (χ0v) is 20.8. The van der Waals surface area contributed by atoms with E-state index in [1.165, 1.54) is 11.8 Å². The summed E-state index contributed by atoms with van der Waals surface area (Å²) in [4.78, 5) is 45.7. The fourth-order valence-corrected chi connectivity index (χ4v) is 5.27. The van der Waals surface area contributed by atoms with E-state index in [-0.39, 0.29) is 37.5 Å². The van der Waals surface area contributed by atoms with Crippen molar-refractivity contribution in [2.45, 2.75) is 44.3 Å². The van der Waals surface area contributed by atoms with Crippen molar-refractivity contribution in [3.05, 3.63) is 65.4 Å². The van der Waals surface area contributed by atoms with Gasteiger partial charge in [0.25, 0.3) is 5.91 Å². The van der Waals surface area contributed by atoms with E-state index in [1.54, 1.807) is 24.2 Å². The highest BCUT2D eigenvalue weighted by atomic mass is 19.1.